The maximum Gasteiger partial charge on any atom is 0.337 e. The third-order valence-corrected chi connectivity index (χ3v) is 3.99. The zero-order valence-electron chi connectivity index (χ0n) is 16.1. The third kappa shape index (κ3) is 5.32. The van der Waals surface area contributed by atoms with Crippen LogP contribution in [0.5, 0.6) is 5.75 Å². The fourth-order valence-corrected chi connectivity index (χ4v) is 2.64. The van der Waals surface area contributed by atoms with Crippen LogP contribution in [-0.4, -0.2) is 30.6 Å². The molecule has 3 rings (SSSR count). The van der Waals surface area contributed by atoms with Crippen LogP contribution in [0, 0.1) is 0 Å². The van der Waals surface area contributed by atoms with Crippen molar-refractivity contribution in [3.8, 4) is 5.75 Å². The van der Waals surface area contributed by atoms with E-state index in [9.17, 15) is 9.59 Å². The first-order chi connectivity index (χ1) is 14.1. The fourth-order valence-electron chi connectivity index (χ4n) is 2.64. The van der Waals surface area contributed by atoms with Crippen molar-refractivity contribution in [1.29, 1.82) is 0 Å². The van der Waals surface area contributed by atoms with Crippen molar-refractivity contribution in [2.45, 2.75) is 6.92 Å². The number of benzene rings is 2. The number of hydrogen-bond donors (Lipinski definition) is 2. The summed E-state index contributed by atoms with van der Waals surface area (Å²) in [5.41, 5.74) is 2.65. The molecule has 0 unspecified atom stereocenters. The van der Waals surface area contributed by atoms with Gasteiger partial charge in [-0.15, -0.1) is 0 Å². The lowest BCUT2D eigenvalue weighted by Crippen LogP contribution is -2.14. The number of amides is 1. The van der Waals surface area contributed by atoms with Crippen molar-refractivity contribution in [3.05, 3.63) is 78.1 Å². The summed E-state index contributed by atoms with van der Waals surface area (Å²) in [4.78, 5) is 28.3. The van der Waals surface area contributed by atoms with E-state index < -0.39 is 5.97 Å². The van der Waals surface area contributed by atoms with Crippen LogP contribution in [0.3, 0.4) is 0 Å². The molecule has 1 amide bonds. The molecule has 0 fully saturated rings. The van der Waals surface area contributed by atoms with Crippen molar-refractivity contribution in [2.24, 2.45) is 0 Å². The third-order valence-electron chi connectivity index (χ3n) is 3.99. The van der Waals surface area contributed by atoms with E-state index in [2.05, 4.69) is 15.6 Å². The molecule has 7 heteroatoms. The summed E-state index contributed by atoms with van der Waals surface area (Å²) < 4.78 is 10.1. The number of ether oxygens (including phenoxy) is 2. The molecule has 0 aliphatic rings. The Bertz CT molecular complexity index is 1000. The normalized spacial score (nSPS) is 10.1. The first kappa shape index (κ1) is 19.9. The zero-order chi connectivity index (χ0) is 20.6. The Morgan fingerprint density at radius 2 is 1.76 bits per heavy atom. The van der Waals surface area contributed by atoms with Gasteiger partial charge in [0.2, 0.25) is 0 Å². The van der Waals surface area contributed by atoms with Gasteiger partial charge < -0.3 is 20.1 Å². The number of anilines is 3. The molecule has 0 aliphatic carbocycles. The molecule has 0 atom stereocenters. The van der Waals surface area contributed by atoms with Crippen LogP contribution >= 0.6 is 0 Å². The molecule has 1 heterocycles. The summed E-state index contributed by atoms with van der Waals surface area (Å²) in [7, 11) is 1.31. The Labute approximate surface area is 168 Å². The van der Waals surface area contributed by atoms with Gasteiger partial charge in [0.15, 0.2) is 0 Å². The van der Waals surface area contributed by atoms with E-state index in [-0.39, 0.29) is 11.6 Å². The standard InChI is InChI=1S/C22H21N3O4/c1-3-29-19-9-7-16(8-10-19)24-18-11-12-23-20(14-18)21(26)25-17-6-4-5-15(13-17)22(27)28-2/h4-14H,3H2,1-2H3,(H,23,24)(H,25,26). The molecule has 0 radical (unpaired) electrons. The van der Waals surface area contributed by atoms with Crippen molar-refractivity contribution in [2.75, 3.05) is 24.4 Å². The number of aromatic nitrogens is 1. The summed E-state index contributed by atoms with van der Waals surface area (Å²) in [5.74, 6) is -0.0647. The second-order valence-electron chi connectivity index (χ2n) is 6.04. The Hall–Kier alpha value is -3.87. The predicted molar refractivity (Wildman–Crippen MR) is 111 cm³/mol. The summed E-state index contributed by atoms with van der Waals surface area (Å²) >= 11 is 0. The van der Waals surface area contributed by atoms with Crippen LogP contribution in [0.4, 0.5) is 17.1 Å². The zero-order valence-corrected chi connectivity index (χ0v) is 16.1. The van der Waals surface area contributed by atoms with Crippen molar-refractivity contribution in [1.82, 2.24) is 4.98 Å². The lowest BCUT2D eigenvalue weighted by Gasteiger charge is -2.10. The van der Waals surface area contributed by atoms with Crippen LogP contribution in [0.25, 0.3) is 0 Å². The Morgan fingerprint density at radius 3 is 2.48 bits per heavy atom. The second-order valence-corrected chi connectivity index (χ2v) is 6.04. The molecule has 2 aromatic carbocycles. The number of rotatable bonds is 7. The summed E-state index contributed by atoms with van der Waals surface area (Å²) in [5, 5.41) is 5.96. The Balaban J connectivity index is 1.70. The molecular weight excluding hydrogens is 370 g/mol. The smallest absolute Gasteiger partial charge is 0.337 e. The van der Waals surface area contributed by atoms with Crippen LogP contribution in [0.15, 0.2) is 66.9 Å². The van der Waals surface area contributed by atoms with Crippen molar-refractivity contribution >= 4 is 28.9 Å². The number of hydrogen-bond acceptors (Lipinski definition) is 6. The van der Waals surface area contributed by atoms with Gasteiger partial charge in [-0.25, -0.2) is 4.79 Å². The minimum atomic E-state index is -0.472. The highest BCUT2D eigenvalue weighted by Crippen LogP contribution is 2.21. The van der Waals surface area contributed by atoms with Crippen LogP contribution in [0.1, 0.15) is 27.8 Å². The van der Waals surface area contributed by atoms with Gasteiger partial charge in [-0.2, -0.15) is 0 Å². The van der Waals surface area contributed by atoms with E-state index in [0.717, 1.165) is 17.1 Å². The molecular formula is C22H21N3O4. The predicted octanol–water partition coefficient (Wildman–Crippen LogP) is 4.26. The number of carbonyl (C=O) groups is 2. The van der Waals surface area contributed by atoms with Crippen molar-refractivity contribution < 1.29 is 19.1 Å². The number of esters is 1. The molecule has 2 N–H and O–H groups in total. The Morgan fingerprint density at radius 1 is 0.966 bits per heavy atom. The minimum absolute atomic E-state index is 0.240. The number of nitrogens with one attached hydrogen (secondary N) is 2. The summed E-state index contributed by atoms with van der Waals surface area (Å²) in [6.45, 7) is 2.54. The van der Waals surface area contributed by atoms with Gasteiger partial charge in [0.1, 0.15) is 11.4 Å². The van der Waals surface area contributed by atoms with Crippen molar-refractivity contribution in [3.63, 3.8) is 0 Å². The first-order valence-electron chi connectivity index (χ1n) is 9.04. The lowest BCUT2D eigenvalue weighted by molar-refractivity contribution is 0.0600. The topological polar surface area (TPSA) is 89.5 Å². The van der Waals surface area contributed by atoms with Gasteiger partial charge in [-0.3, -0.25) is 9.78 Å². The van der Waals surface area contributed by atoms with E-state index in [4.69, 9.17) is 9.47 Å². The van der Waals surface area contributed by atoms with Gasteiger partial charge >= 0.3 is 5.97 Å². The van der Waals surface area contributed by atoms with Gasteiger partial charge in [0.05, 0.1) is 19.3 Å². The monoisotopic (exact) mass is 391 g/mol. The van der Waals surface area contributed by atoms with Crippen LogP contribution in [0.2, 0.25) is 0 Å². The van der Waals surface area contributed by atoms with Crippen LogP contribution < -0.4 is 15.4 Å². The van der Waals surface area contributed by atoms with E-state index in [0.29, 0.717) is 17.9 Å². The molecule has 1 aromatic heterocycles. The molecule has 148 valence electrons. The van der Waals surface area contributed by atoms with Crippen LogP contribution in [-0.2, 0) is 4.74 Å². The van der Waals surface area contributed by atoms with E-state index in [1.807, 2.05) is 31.2 Å². The maximum absolute atomic E-state index is 12.6. The minimum Gasteiger partial charge on any atom is -0.494 e. The average Bonchev–Trinajstić information content (AvgIpc) is 2.75. The number of nitrogens with zero attached hydrogens (tertiary/aromatic N) is 1. The quantitative estimate of drug-likeness (QED) is 0.585. The molecule has 0 aliphatic heterocycles. The highest BCUT2D eigenvalue weighted by atomic mass is 16.5. The SMILES string of the molecule is CCOc1ccc(Nc2ccnc(C(=O)Nc3cccc(C(=O)OC)c3)c2)cc1. The Kier molecular flexibility index (Phi) is 6.42. The molecule has 0 bridgehead atoms. The van der Waals surface area contributed by atoms with Gasteiger partial charge in [0.25, 0.3) is 5.91 Å². The molecule has 0 spiro atoms. The maximum atomic E-state index is 12.6. The largest absolute Gasteiger partial charge is 0.494 e. The molecule has 7 nitrogen and oxygen atoms in total. The first-order valence-corrected chi connectivity index (χ1v) is 9.04. The highest BCUT2D eigenvalue weighted by molar-refractivity contribution is 6.04. The van der Waals surface area contributed by atoms with E-state index in [1.165, 1.54) is 7.11 Å². The lowest BCUT2D eigenvalue weighted by atomic mass is 10.2. The molecule has 29 heavy (non-hydrogen) atoms. The molecule has 0 saturated heterocycles. The van der Waals surface area contributed by atoms with E-state index >= 15 is 0 Å². The van der Waals surface area contributed by atoms with Gasteiger partial charge in [-0.1, -0.05) is 6.07 Å². The van der Waals surface area contributed by atoms with E-state index in [1.54, 1.807) is 42.6 Å². The van der Waals surface area contributed by atoms with Gasteiger partial charge in [0, 0.05) is 23.3 Å². The molecule has 3 aromatic rings. The summed E-state index contributed by atoms with van der Waals surface area (Å²) in [6, 6.07) is 17.5. The second kappa shape index (κ2) is 9.36. The number of methoxy groups -OCH3 is 1. The number of pyridine rings is 1. The van der Waals surface area contributed by atoms with Gasteiger partial charge in [-0.05, 0) is 61.5 Å². The fraction of sp³-hybridized carbons (Fsp3) is 0.136. The highest BCUT2D eigenvalue weighted by Gasteiger charge is 2.11. The number of carbonyl (C=O) groups excluding carboxylic acids is 2. The summed E-state index contributed by atoms with van der Waals surface area (Å²) in [6.07, 6.45) is 1.55. The average molecular weight is 391 g/mol. The molecule has 0 saturated carbocycles.